The third-order valence-corrected chi connectivity index (χ3v) is 4.84. The molecule has 1 heterocycles. The number of carbonyl (C=O) groups excluding carboxylic acids is 1. The summed E-state index contributed by atoms with van der Waals surface area (Å²) in [4.78, 5) is 18.1. The molecule has 1 aliphatic heterocycles. The second-order valence-electron chi connectivity index (χ2n) is 8.42. The quantitative estimate of drug-likeness (QED) is 0.563. The largest absolute Gasteiger partial charge is 0.488 e. The zero-order valence-electron chi connectivity index (χ0n) is 18.4. The second kappa shape index (κ2) is 9.65. The molecule has 0 unspecified atom stereocenters. The molecule has 0 radical (unpaired) electrons. The van der Waals surface area contributed by atoms with E-state index < -0.39 is 0 Å². The van der Waals surface area contributed by atoms with Gasteiger partial charge in [-0.2, -0.15) is 0 Å². The number of hydrogen-bond donors (Lipinski definition) is 2. The molecule has 1 amide bonds. The minimum Gasteiger partial charge on any atom is -0.488 e. The summed E-state index contributed by atoms with van der Waals surface area (Å²) in [5, 5.41) is 6.69. The number of rotatable bonds is 6. The lowest BCUT2D eigenvalue weighted by Crippen LogP contribution is -2.36. The van der Waals surface area contributed by atoms with Crippen LogP contribution in [0, 0.1) is 0 Å². The van der Waals surface area contributed by atoms with Gasteiger partial charge >= 0.3 is 0 Å². The van der Waals surface area contributed by atoms with Gasteiger partial charge in [0.1, 0.15) is 11.4 Å². The van der Waals surface area contributed by atoms with E-state index in [-0.39, 0.29) is 11.5 Å². The van der Waals surface area contributed by atoms with Gasteiger partial charge < -0.3 is 20.3 Å². The summed E-state index contributed by atoms with van der Waals surface area (Å²) in [7, 11) is 1.76. The first-order valence-electron chi connectivity index (χ1n) is 10.5. The summed E-state index contributed by atoms with van der Waals surface area (Å²) in [5.74, 6) is 1.81. The Morgan fingerprint density at radius 1 is 1.07 bits per heavy atom. The third kappa shape index (κ3) is 5.99. The molecule has 0 atom stereocenters. The summed E-state index contributed by atoms with van der Waals surface area (Å²) >= 11 is 0. The van der Waals surface area contributed by atoms with E-state index in [1.807, 2.05) is 68.1 Å². The molecule has 2 aromatic carbocycles. The SMILES string of the molecule is CN=C(NCc1ccc(N2CCCC2=O)cc1)NCc1ccccc1OC(C)(C)C. The highest BCUT2D eigenvalue weighted by molar-refractivity contribution is 5.95. The molecule has 2 N–H and O–H groups in total. The number of guanidine groups is 1. The molecule has 1 saturated heterocycles. The molecule has 0 aromatic heterocycles. The van der Waals surface area contributed by atoms with Gasteiger partial charge in [-0.05, 0) is 51.0 Å². The number of amides is 1. The van der Waals surface area contributed by atoms with Crippen molar-refractivity contribution in [1.82, 2.24) is 10.6 Å². The van der Waals surface area contributed by atoms with Crippen molar-refractivity contribution in [3.63, 3.8) is 0 Å². The number of nitrogens with one attached hydrogen (secondary N) is 2. The number of para-hydroxylation sites is 1. The Bertz CT molecular complexity index is 885. The molecule has 3 rings (SSSR count). The average molecular weight is 409 g/mol. The maximum Gasteiger partial charge on any atom is 0.227 e. The smallest absolute Gasteiger partial charge is 0.227 e. The van der Waals surface area contributed by atoms with Gasteiger partial charge in [0, 0.05) is 44.4 Å². The van der Waals surface area contributed by atoms with Crippen LogP contribution in [0.15, 0.2) is 53.5 Å². The van der Waals surface area contributed by atoms with Crippen LogP contribution in [0.4, 0.5) is 5.69 Å². The van der Waals surface area contributed by atoms with E-state index in [4.69, 9.17) is 4.74 Å². The highest BCUT2D eigenvalue weighted by Gasteiger charge is 2.21. The van der Waals surface area contributed by atoms with Crippen LogP contribution < -0.4 is 20.3 Å². The fraction of sp³-hybridized carbons (Fsp3) is 0.417. The molecular formula is C24H32N4O2. The summed E-state index contributed by atoms with van der Waals surface area (Å²) < 4.78 is 6.06. The van der Waals surface area contributed by atoms with E-state index in [0.717, 1.165) is 41.5 Å². The first-order chi connectivity index (χ1) is 14.4. The van der Waals surface area contributed by atoms with Crippen molar-refractivity contribution in [2.75, 3.05) is 18.5 Å². The predicted molar refractivity (Wildman–Crippen MR) is 122 cm³/mol. The fourth-order valence-corrected chi connectivity index (χ4v) is 3.38. The highest BCUT2D eigenvalue weighted by Crippen LogP contribution is 2.23. The Morgan fingerprint density at radius 2 is 1.77 bits per heavy atom. The molecule has 0 bridgehead atoms. The Kier molecular flexibility index (Phi) is 6.98. The second-order valence-corrected chi connectivity index (χ2v) is 8.42. The minimum absolute atomic E-state index is 0.209. The van der Waals surface area contributed by atoms with Crippen molar-refractivity contribution >= 4 is 17.6 Å². The third-order valence-electron chi connectivity index (χ3n) is 4.84. The molecule has 1 aliphatic rings. The average Bonchev–Trinajstić information content (AvgIpc) is 3.14. The van der Waals surface area contributed by atoms with Crippen molar-refractivity contribution in [1.29, 1.82) is 0 Å². The van der Waals surface area contributed by atoms with Gasteiger partial charge in [0.05, 0.1) is 0 Å². The monoisotopic (exact) mass is 408 g/mol. The number of anilines is 1. The maximum atomic E-state index is 11.9. The molecular weight excluding hydrogens is 376 g/mol. The number of ether oxygens (including phenoxy) is 1. The van der Waals surface area contributed by atoms with Crippen LogP contribution in [0.25, 0.3) is 0 Å². The molecule has 1 fully saturated rings. The van der Waals surface area contributed by atoms with Crippen LogP contribution in [0.2, 0.25) is 0 Å². The molecule has 6 heteroatoms. The normalized spacial score (nSPS) is 14.7. The van der Waals surface area contributed by atoms with E-state index >= 15 is 0 Å². The lowest BCUT2D eigenvalue weighted by Gasteiger charge is -2.23. The van der Waals surface area contributed by atoms with Crippen LogP contribution in [0.5, 0.6) is 5.75 Å². The topological polar surface area (TPSA) is 66.0 Å². The summed E-state index contributed by atoms with van der Waals surface area (Å²) in [5.41, 5.74) is 2.93. The van der Waals surface area contributed by atoms with Crippen molar-refractivity contribution in [3.05, 3.63) is 59.7 Å². The van der Waals surface area contributed by atoms with Crippen molar-refractivity contribution < 1.29 is 9.53 Å². The van der Waals surface area contributed by atoms with Crippen molar-refractivity contribution in [2.45, 2.75) is 52.3 Å². The van der Waals surface area contributed by atoms with Crippen LogP contribution >= 0.6 is 0 Å². The predicted octanol–water partition coefficient (Wildman–Crippen LogP) is 3.86. The van der Waals surface area contributed by atoms with Gasteiger partial charge in [-0.15, -0.1) is 0 Å². The number of carbonyl (C=O) groups is 1. The van der Waals surface area contributed by atoms with E-state index in [1.165, 1.54) is 0 Å². The molecule has 30 heavy (non-hydrogen) atoms. The zero-order chi connectivity index (χ0) is 21.6. The van der Waals surface area contributed by atoms with E-state index in [1.54, 1.807) is 7.05 Å². The van der Waals surface area contributed by atoms with Gasteiger partial charge in [-0.25, -0.2) is 0 Å². The maximum absolute atomic E-state index is 11.9. The summed E-state index contributed by atoms with van der Waals surface area (Å²) in [6.45, 7) is 8.21. The number of nitrogens with zero attached hydrogens (tertiary/aromatic N) is 2. The molecule has 2 aromatic rings. The lowest BCUT2D eigenvalue weighted by atomic mass is 10.1. The van der Waals surface area contributed by atoms with Crippen LogP contribution in [0.3, 0.4) is 0 Å². The van der Waals surface area contributed by atoms with Gasteiger partial charge in [0.15, 0.2) is 5.96 Å². The first kappa shape index (κ1) is 21.7. The molecule has 0 saturated carbocycles. The minimum atomic E-state index is -0.248. The number of benzene rings is 2. The fourth-order valence-electron chi connectivity index (χ4n) is 3.38. The number of hydrogen-bond acceptors (Lipinski definition) is 3. The molecule has 0 spiro atoms. The zero-order valence-corrected chi connectivity index (χ0v) is 18.4. The number of aliphatic imine (C=N–C) groups is 1. The molecule has 6 nitrogen and oxygen atoms in total. The lowest BCUT2D eigenvalue weighted by molar-refractivity contribution is -0.117. The van der Waals surface area contributed by atoms with E-state index in [2.05, 4.69) is 21.7 Å². The Labute approximate surface area is 179 Å². The Balaban J connectivity index is 1.54. The van der Waals surface area contributed by atoms with Gasteiger partial charge in [0.25, 0.3) is 0 Å². The molecule has 0 aliphatic carbocycles. The van der Waals surface area contributed by atoms with Crippen LogP contribution in [0.1, 0.15) is 44.7 Å². The standard InChI is InChI=1S/C24H32N4O2/c1-24(2,3)30-21-9-6-5-8-19(21)17-27-23(25-4)26-16-18-11-13-20(14-12-18)28-15-7-10-22(28)29/h5-6,8-9,11-14H,7,10,15-17H2,1-4H3,(H2,25,26,27). The van der Waals surface area contributed by atoms with Crippen molar-refractivity contribution in [2.24, 2.45) is 4.99 Å². The first-order valence-corrected chi connectivity index (χ1v) is 10.5. The van der Waals surface area contributed by atoms with Gasteiger partial charge in [0.2, 0.25) is 5.91 Å². The molecule has 160 valence electrons. The highest BCUT2D eigenvalue weighted by atomic mass is 16.5. The summed E-state index contributed by atoms with van der Waals surface area (Å²) in [6, 6.07) is 16.2. The Morgan fingerprint density at radius 3 is 2.40 bits per heavy atom. The van der Waals surface area contributed by atoms with Crippen LogP contribution in [-0.4, -0.2) is 31.1 Å². The van der Waals surface area contributed by atoms with E-state index in [0.29, 0.717) is 19.5 Å². The van der Waals surface area contributed by atoms with Gasteiger partial charge in [-0.1, -0.05) is 30.3 Å². The van der Waals surface area contributed by atoms with Crippen LogP contribution in [-0.2, 0) is 17.9 Å². The van der Waals surface area contributed by atoms with Crippen molar-refractivity contribution in [3.8, 4) is 5.75 Å². The Hall–Kier alpha value is -3.02. The van der Waals surface area contributed by atoms with E-state index in [9.17, 15) is 4.79 Å². The summed E-state index contributed by atoms with van der Waals surface area (Å²) in [6.07, 6.45) is 1.59. The van der Waals surface area contributed by atoms with Gasteiger partial charge in [-0.3, -0.25) is 9.79 Å².